The van der Waals surface area contributed by atoms with E-state index in [1.807, 2.05) is 69.6 Å². The van der Waals surface area contributed by atoms with E-state index in [0.717, 1.165) is 16.6 Å². The number of hydrogen-bond acceptors (Lipinski definition) is 4. The lowest BCUT2D eigenvalue weighted by atomic mass is 10.1. The average molecular weight is 364 g/mol. The first-order valence-electron chi connectivity index (χ1n) is 8.92. The van der Waals surface area contributed by atoms with Gasteiger partial charge in [0, 0.05) is 11.9 Å². The van der Waals surface area contributed by atoms with Crippen molar-refractivity contribution in [3.63, 3.8) is 0 Å². The zero-order chi connectivity index (χ0) is 19.4. The second kappa shape index (κ2) is 8.14. The number of nitrogens with zero attached hydrogens (tertiary/aromatic N) is 3. The molecular weight excluding hydrogens is 340 g/mol. The van der Waals surface area contributed by atoms with Crippen molar-refractivity contribution in [1.82, 2.24) is 20.0 Å². The van der Waals surface area contributed by atoms with Crippen LogP contribution >= 0.6 is 0 Å². The molecule has 1 aromatic heterocycles. The molecule has 0 aliphatic carbocycles. The molecule has 6 heteroatoms. The second-order valence-corrected chi connectivity index (χ2v) is 6.79. The van der Waals surface area contributed by atoms with E-state index in [9.17, 15) is 9.59 Å². The van der Waals surface area contributed by atoms with Crippen LogP contribution in [0.3, 0.4) is 0 Å². The highest BCUT2D eigenvalue weighted by molar-refractivity contribution is 5.83. The molecule has 0 aliphatic heterocycles. The van der Waals surface area contributed by atoms with Gasteiger partial charge < -0.3 is 10.2 Å². The second-order valence-electron chi connectivity index (χ2n) is 6.79. The molecule has 27 heavy (non-hydrogen) atoms. The number of rotatable bonds is 6. The number of fused-ring (bicyclic) bond motifs is 1. The monoisotopic (exact) mass is 364 g/mol. The summed E-state index contributed by atoms with van der Waals surface area (Å²) >= 11 is 0. The van der Waals surface area contributed by atoms with E-state index in [2.05, 4.69) is 15.3 Å². The van der Waals surface area contributed by atoms with Crippen LogP contribution in [-0.4, -0.2) is 41.2 Å². The van der Waals surface area contributed by atoms with Gasteiger partial charge in [-0.2, -0.15) is 5.10 Å². The summed E-state index contributed by atoms with van der Waals surface area (Å²) in [6.45, 7) is 2.20. The summed E-state index contributed by atoms with van der Waals surface area (Å²) in [7, 11) is 3.95. The molecule has 0 saturated carbocycles. The van der Waals surface area contributed by atoms with Crippen LogP contribution in [0.4, 0.5) is 0 Å². The maximum absolute atomic E-state index is 12.6. The van der Waals surface area contributed by atoms with Gasteiger partial charge in [0.05, 0.1) is 17.1 Å². The minimum atomic E-state index is -0.251. The lowest BCUT2D eigenvalue weighted by molar-refractivity contribution is -0.122. The Kier molecular flexibility index (Phi) is 5.66. The van der Waals surface area contributed by atoms with E-state index in [1.165, 1.54) is 4.68 Å². The molecule has 2 aromatic carbocycles. The van der Waals surface area contributed by atoms with Crippen molar-refractivity contribution in [2.75, 3.05) is 20.6 Å². The van der Waals surface area contributed by atoms with Crippen LogP contribution < -0.4 is 10.9 Å². The number of amides is 1. The molecular formula is C21H24N4O2. The fourth-order valence-corrected chi connectivity index (χ4v) is 3.19. The van der Waals surface area contributed by atoms with Gasteiger partial charge in [-0.15, -0.1) is 0 Å². The lowest BCUT2D eigenvalue weighted by Crippen LogP contribution is -2.38. The Labute approximate surface area is 158 Å². The van der Waals surface area contributed by atoms with E-state index < -0.39 is 0 Å². The topological polar surface area (TPSA) is 67.2 Å². The van der Waals surface area contributed by atoms with Gasteiger partial charge in [0.15, 0.2) is 0 Å². The Morgan fingerprint density at radius 3 is 2.37 bits per heavy atom. The fourth-order valence-electron chi connectivity index (χ4n) is 3.19. The molecule has 0 spiro atoms. The molecule has 0 saturated heterocycles. The van der Waals surface area contributed by atoms with Crippen LogP contribution in [0.25, 0.3) is 10.8 Å². The number of carbonyl (C=O) groups is 1. The van der Waals surface area contributed by atoms with Crippen molar-refractivity contribution in [3.8, 4) is 0 Å². The molecule has 0 radical (unpaired) electrons. The van der Waals surface area contributed by atoms with Crippen LogP contribution in [-0.2, 0) is 11.3 Å². The van der Waals surface area contributed by atoms with Crippen LogP contribution in [0, 0.1) is 6.92 Å². The van der Waals surface area contributed by atoms with Crippen molar-refractivity contribution in [3.05, 3.63) is 76.2 Å². The first-order valence-corrected chi connectivity index (χ1v) is 8.92. The lowest BCUT2D eigenvalue weighted by Gasteiger charge is -2.25. The van der Waals surface area contributed by atoms with E-state index in [-0.39, 0.29) is 24.1 Å². The van der Waals surface area contributed by atoms with E-state index in [1.54, 1.807) is 6.07 Å². The van der Waals surface area contributed by atoms with Gasteiger partial charge in [-0.05, 0) is 32.6 Å². The number of likely N-dealkylation sites (N-methyl/N-ethyl adjacent to an activating group) is 1. The minimum Gasteiger partial charge on any atom is -0.353 e. The maximum atomic E-state index is 12.6. The highest BCUT2D eigenvalue weighted by Crippen LogP contribution is 2.16. The molecule has 3 rings (SSSR count). The normalized spacial score (nSPS) is 12.3. The van der Waals surface area contributed by atoms with Gasteiger partial charge in [0.1, 0.15) is 6.54 Å². The summed E-state index contributed by atoms with van der Waals surface area (Å²) in [6, 6.07) is 17.4. The Morgan fingerprint density at radius 2 is 1.70 bits per heavy atom. The van der Waals surface area contributed by atoms with Crippen molar-refractivity contribution >= 4 is 16.7 Å². The molecule has 3 aromatic rings. The van der Waals surface area contributed by atoms with Crippen molar-refractivity contribution < 1.29 is 4.79 Å². The van der Waals surface area contributed by atoms with Crippen LogP contribution in [0.5, 0.6) is 0 Å². The zero-order valence-electron chi connectivity index (χ0n) is 15.8. The van der Waals surface area contributed by atoms with Crippen molar-refractivity contribution in [2.45, 2.75) is 19.5 Å². The molecule has 1 N–H and O–H groups in total. The van der Waals surface area contributed by atoms with Crippen LogP contribution in [0.1, 0.15) is 17.3 Å². The Bertz CT molecular complexity index is 996. The predicted octanol–water partition coefficient (Wildman–Crippen LogP) is 2.12. The van der Waals surface area contributed by atoms with Crippen molar-refractivity contribution in [2.24, 2.45) is 0 Å². The Hall–Kier alpha value is -2.99. The summed E-state index contributed by atoms with van der Waals surface area (Å²) in [6.07, 6.45) is 0. The highest BCUT2D eigenvalue weighted by Gasteiger charge is 2.16. The number of aryl methyl sites for hydroxylation is 1. The quantitative estimate of drug-likeness (QED) is 0.728. The third-order valence-corrected chi connectivity index (χ3v) is 4.65. The molecule has 140 valence electrons. The molecule has 1 unspecified atom stereocenters. The van der Waals surface area contributed by atoms with Gasteiger partial charge in [-0.1, -0.05) is 48.5 Å². The molecule has 0 aliphatic rings. The van der Waals surface area contributed by atoms with E-state index in [4.69, 9.17) is 0 Å². The fraction of sp³-hybridized carbons (Fsp3) is 0.286. The predicted molar refractivity (Wildman–Crippen MR) is 107 cm³/mol. The molecule has 1 atom stereocenters. The molecule has 1 heterocycles. The van der Waals surface area contributed by atoms with Gasteiger partial charge in [0.25, 0.3) is 5.56 Å². The number of carbonyl (C=O) groups excluding carboxylic acids is 1. The maximum Gasteiger partial charge on any atom is 0.275 e. The summed E-state index contributed by atoms with van der Waals surface area (Å²) in [4.78, 5) is 27.1. The molecule has 1 amide bonds. The standard InChI is InChI=1S/C21H24N4O2/c1-15-17-11-7-8-12-18(17)21(27)25(23-15)14-20(26)22-13-19(24(2)3)16-9-5-4-6-10-16/h4-12,19H,13-14H2,1-3H3,(H,22,26). The van der Waals surface area contributed by atoms with Crippen molar-refractivity contribution in [1.29, 1.82) is 0 Å². The molecule has 0 fully saturated rings. The summed E-state index contributed by atoms with van der Waals surface area (Å²) in [5.74, 6) is -0.234. The first-order chi connectivity index (χ1) is 13.0. The third kappa shape index (κ3) is 4.23. The van der Waals surface area contributed by atoms with E-state index in [0.29, 0.717) is 11.9 Å². The number of benzene rings is 2. The first kappa shape index (κ1) is 18.8. The number of aromatic nitrogens is 2. The molecule has 0 bridgehead atoms. The Morgan fingerprint density at radius 1 is 1.07 bits per heavy atom. The van der Waals surface area contributed by atoms with E-state index >= 15 is 0 Å². The summed E-state index contributed by atoms with van der Waals surface area (Å²) < 4.78 is 1.24. The largest absolute Gasteiger partial charge is 0.353 e. The smallest absolute Gasteiger partial charge is 0.275 e. The van der Waals surface area contributed by atoms with Gasteiger partial charge in [0.2, 0.25) is 5.91 Å². The van der Waals surface area contributed by atoms with Gasteiger partial charge in [-0.25, -0.2) is 4.68 Å². The SMILES string of the molecule is Cc1nn(CC(=O)NCC(c2ccccc2)N(C)C)c(=O)c2ccccc12. The average Bonchev–Trinajstić information content (AvgIpc) is 2.66. The van der Waals surface area contributed by atoms with Gasteiger partial charge >= 0.3 is 0 Å². The number of hydrogen-bond donors (Lipinski definition) is 1. The molecule has 6 nitrogen and oxygen atoms in total. The third-order valence-electron chi connectivity index (χ3n) is 4.65. The van der Waals surface area contributed by atoms with Gasteiger partial charge in [-0.3, -0.25) is 9.59 Å². The minimum absolute atomic E-state index is 0.0539. The van der Waals surface area contributed by atoms with Crippen LogP contribution in [0.15, 0.2) is 59.4 Å². The summed E-state index contributed by atoms with van der Waals surface area (Å²) in [5, 5.41) is 8.61. The summed E-state index contributed by atoms with van der Waals surface area (Å²) in [5.41, 5.74) is 1.60. The number of nitrogens with one attached hydrogen (secondary N) is 1. The zero-order valence-corrected chi connectivity index (χ0v) is 15.8. The highest BCUT2D eigenvalue weighted by atomic mass is 16.2. The Balaban J connectivity index is 1.73. The van der Waals surface area contributed by atoms with Crippen LogP contribution in [0.2, 0.25) is 0 Å².